The number of halogens is 2. The maximum atomic E-state index is 12.7. The molecule has 0 saturated heterocycles. The zero-order valence-electron chi connectivity index (χ0n) is 7.74. The fourth-order valence-corrected chi connectivity index (χ4v) is 1.33. The second kappa shape index (κ2) is 3.32. The highest BCUT2D eigenvalue weighted by atomic mass is 19.3. The van der Waals surface area contributed by atoms with Gasteiger partial charge in [0.05, 0.1) is 0 Å². The minimum absolute atomic E-state index is 0.00738. The Balaban J connectivity index is 2.30. The number of ether oxygens (including phenoxy) is 2. The lowest BCUT2D eigenvalue weighted by molar-refractivity contribution is -0.286. The fourth-order valence-electron chi connectivity index (χ4n) is 1.33. The molecule has 1 aliphatic heterocycles. The lowest BCUT2D eigenvalue weighted by Crippen LogP contribution is -2.26. The van der Waals surface area contributed by atoms with Crippen LogP contribution in [0.3, 0.4) is 0 Å². The molecule has 1 aromatic rings. The zero-order valence-corrected chi connectivity index (χ0v) is 7.74. The number of alkyl halides is 2. The van der Waals surface area contributed by atoms with Crippen LogP contribution >= 0.6 is 0 Å². The number of hydrogen-bond donors (Lipinski definition) is 2. The van der Waals surface area contributed by atoms with Crippen molar-refractivity contribution in [2.45, 2.75) is 12.3 Å². The van der Waals surface area contributed by atoms with Crippen molar-refractivity contribution in [1.82, 2.24) is 0 Å². The molecule has 1 unspecified atom stereocenters. The molecular weight excluding hydrogens is 206 g/mol. The maximum Gasteiger partial charge on any atom is 0.586 e. The van der Waals surface area contributed by atoms with Gasteiger partial charge in [-0.25, -0.2) is 0 Å². The van der Waals surface area contributed by atoms with E-state index in [-0.39, 0.29) is 18.0 Å². The van der Waals surface area contributed by atoms with Crippen LogP contribution in [0.25, 0.3) is 0 Å². The number of rotatable bonds is 2. The van der Waals surface area contributed by atoms with Crippen molar-refractivity contribution in [3.8, 4) is 11.5 Å². The van der Waals surface area contributed by atoms with Crippen molar-refractivity contribution < 1.29 is 18.3 Å². The summed E-state index contributed by atoms with van der Waals surface area (Å²) in [4.78, 5) is 0. The first kappa shape index (κ1) is 10.1. The van der Waals surface area contributed by atoms with Gasteiger partial charge in [0.2, 0.25) is 0 Å². The Morgan fingerprint density at radius 3 is 2.60 bits per heavy atom. The summed E-state index contributed by atoms with van der Waals surface area (Å²) in [5.74, 6) is -0.00521. The van der Waals surface area contributed by atoms with E-state index in [4.69, 9.17) is 11.5 Å². The zero-order chi connectivity index (χ0) is 11.1. The summed E-state index contributed by atoms with van der Waals surface area (Å²) < 4.78 is 33.8. The quantitative estimate of drug-likeness (QED) is 0.772. The summed E-state index contributed by atoms with van der Waals surface area (Å²) >= 11 is 0. The molecule has 4 N–H and O–H groups in total. The molecule has 0 fully saturated rings. The van der Waals surface area contributed by atoms with E-state index in [1.807, 2.05) is 0 Å². The summed E-state index contributed by atoms with van der Waals surface area (Å²) in [7, 11) is 0. The van der Waals surface area contributed by atoms with Crippen LogP contribution in [0.2, 0.25) is 0 Å². The Morgan fingerprint density at radius 2 is 1.93 bits per heavy atom. The van der Waals surface area contributed by atoms with Gasteiger partial charge >= 0.3 is 6.29 Å². The minimum atomic E-state index is -3.59. The SMILES string of the molecule is NCC(N)c1ccc2c(c1)OC(F)(F)O2. The van der Waals surface area contributed by atoms with Crippen LogP contribution in [0.1, 0.15) is 11.6 Å². The molecule has 1 heterocycles. The number of fused-ring (bicyclic) bond motifs is 1. The van der Waals surface area contributed by atoms with E-state index in [2.05, 4.69) is 9.47 Å². The van der Waals surface area contributed by atoms with E-state index in [9.17, 15) is 8.78 Å². The molecule has 0 spiro atoms. The van der Waals surface area contributed by atoms with Crippen molar-refractivity contribution in [2.75, 3.05) is 6.54 Å². The molecule has 15 heavy (non-hydrogen) atoms. The summed E-state index contributed by atoms with van der Waals surface area (Å²) in [6, 6.07) is 3.99. The third kappa shape index (κ3) is 1.86. The van der Waals surface area contributed by atoms with Crippen LogP contribution in [0, 0.1) is 0 Å². The molecule has 4 nitrogen and oxygen atoms in total. The lowest BCUT2D eigenvalue weighted by Gasteiger charge is -2.08. The molecule has 1 atom stereocenters. The topological polar surface area (TPSA) is 70.5 Å². The predicted octanol–water partition coefficient (Wildman–Crippen LogP) is 0.967. The van der Waals surface area contributed by atoms with E-state index in [1.54, 1.807) is 6.07 Å². The van der Waals surface area contributed by atoms with Gasteiger partial charge in [-0.2, -0.15) is 0 Å². The third-order valence-electron chi connectivity index (χ3n) is 2.11. The van der Waals surface area contributed by atoms with Crippen LogP contribution in [-0.4, -0.2) is 12.8 Å². The van der Waals surface area contributed by atoms with Gasteiger partial charge in [0.1, 0.15) is 0 Å². The number of hydrogen-bond acceptors (Lipinski definition) is 4. The first-order chi connectivity index (χ1) is 7.02. The van der Waals surface area contributed by atoms with Crippen LogP contribution in [-0.2, 0) is 0 Å². The highest BCUT2D eigenvalue weighted by Gasteiger charge is 2.43. The smallest absolute Gasteiger partial charge is 0.395 e. The highest BCUT2D eigenvalue weighted by Crippen LogP contribution is 2.41. The molecular formula is C9H10F2N2O2. The number of benzene rings is 1. The second-order valence-corrected chi connectivity index (χ2v) is 3.22. The van der Waals surface area contributed by atoms with E-state index in [0.29, 0.717) is 5.56 Å². The average Bonchev–Trinajstić information content (AvgIpc) is 2.49. The predicted molar refractivity (Wildman–Crippen MR) is 48.6 cm³/mol. The third-order valence-corrected chi connectivity index (χ3v) is 2.11. The van der Waals surface area contributed by atoms with Gasteiger partial charge in [0, 0.05) is 12.6 Å². The van der Waals surface area contributed by atoms with Gasteiger partial charge in [0.15, 0.2) is 11.5 Å². The van der Waals surface area contributed by atoms with Crippen molar-refractivity contribution in [2.24, 2.45) is 11.5 Å². The van der Waals surface area contributed by atoms with Gasteiger partial charge in [-0.3, -0.25) is 0 Å². The standard InChI is InChI=1S/C9H10F2N2O2/c10-9(11)14-7-2-1-5(6(13)4-12)3-8(7)15-9/h1-3,6H,4,12-13H2. The number of nitrogens with two attached hydrogens (primary N) is 2. The van der Waals surface area contributed by atoms with Crippen molar-refractivity contribution in [3.63, 3.8) is 0 Å². The first-order valence-corrected chi connectivity index (χ1v) is 4.37. The molecule has 0 aliphatic carbocycles. The molecule has 0 aromatic heterocycles. The van der Waals surface area contributed by atoms with Crippen LogP contribution in [0.5, 0.6) is 11.5 Å². The minimum Gasteiger partial charge on any atom is -0.395 e. The largest absolute Gasteiger partial charge is 0.586 e. The Labute approximate surface area is 84.8 Å². The van der Waals surface area contributed by atoms with Gasteiger partial charge in [-0.15, -0.1) is 8.78 Å². The Kier molecular flexibility index (Phi) is 2.24. The van der Waals surface area contributed by atoms with E-state index in [1.165, 1.54) is 12.1 Å². The molecule has 1 aliphatic rings. The van der Waals surface area contributed by atoms with Gasteiger partial charge in [-0.05, 0) is 17.7 Å². The molecule has 6 heteroatoms. The average molecular weight is 216 g/mol. The monoisotopic (exact) mass is 216 g/mol. The summed E-state index contributed by atoms with van der Waals surface area (Å²) in [6.07, 6.45) is -3.59. The van der Waals surface area contributed by atoms with Crippen molar-refractivity contribution in [1.29, 1.82) is 0 Å². The molecule has 1 aromatic carbocycles. The molecule has 0 amide bonds. The second-order valence-electron chi connectivity index (χ2n) is 3.22. The van der Waals surface area contributed by atoms with Crippen LogP contribution in [0.4, 0.5) is 8.78 Å². The Hall–Kier alpha value is -1.40. The van der Waals surface area contributed by atoms with Gasteiger partial charge < -0.3 is 20.9 Å². The van der Waals surface area contributed by atoms with E-state index < -0.39 is 12.3 Å². The first-order valence-electron chi connectivity index (χ1n) is 4.37. The summed E-state index contributed by atoms with van der Waals surface area (Å²) in [5.41, 5.74) is 11.6. The van der Waals surface area contributed by atoms with Gasteiger partial charge in [0.25, 0.3) is 0 Å². The van der Waals surface area contributed by atoms with E-state index >= 15 is 0 Å². The maximum absolute atomic E-state index is 12.7. The molecule has 82 valence electrons. The Morgan fingerprint density at radius 1 is 1.27 bits per heavy atom. The normalized spacial score (nSPS) is 18.9. The van der Waals surface area contributed by atoms with Crippen molar-refractivity contribution in [3.05, 3.63) is 23.8 Å². The molecule has 0 saturated carbocycles. The van der Waals surface area contributed by atoms with Crippen LogP contribution < -0.4 is 20.9 Å². The summed E-state index contributed by atoms with van der Waals surface area (Å²) in [5, 5.41) is 0. The molecule has 2 rings (SSSR count). The van der Waals surface area contributed by atoms with E-state index in [0.717, 1.165) is 0 Å². The fraction of sp³-hybridized carbons (Fsp3) is 0.333. The Bertz CT molecular complexity index is 384. The highest BCUT2D eigenvalue weighted by molar-refractivity contribution is 5.45. The molecule has 0 radical (unpaired) electrons. The van der Waals surface area contributed by atoms with Crippen LogP contribution in [0.15, 0.2) is 18.2 Å². The summed E-state index contributed by atoms with van der Waals surface area (Å²) in [6.45, 7) is 0.232. The lowest BCUT2D eigenvalue weighted by atomic mass is 10.1. The van der Waals surface area contributed by atoms with Crippen molar-refractivity contribution >= 4 is 0 Å². The van der Waals surface area contributed by atoms with Gasteiger partial charge in [-0.1, -0.05) is 6.07 Å². The molecule has 0 bridgehead atoms.